The van der Waals surface area contributed by atoms with Crippen molar-refractivity contribution in [2.45, 2.75) is 50.0 Å². The van der Waals surface area contributed by atoms with Gasteiger partial charge < -0.3 is 15.4 Å². The molecule has 3 aliphatic rings. The summed E-state index contributed by atoms with van der Waals surface area (Å²) in [6.45, 7) is 1.21. The quantitative estimate of drug-likeness (QED) is 0.885. The molecule has 26 heavy (non-hydrogen) atoms. The van der Waals surface area contributed by atoms with Crippen LogP contribution in [0.1, 0.15) is 43.2 Å². The van der Waals surface area contributed by atoms with Crippen LogP contribution < -0.4 is 10.5 Å². The van der Waals surface area contributed by atoms with E-state index >= 15 is 0 Å². The van der Waals surface area contributed by atoms with E-state index in [0.29, 0.717) is 23.0 Å². The molecule has 2 N–H and O–H groups in total. The molecule has 136 valence electrons. The largest absolute Gasteiger partial charge is 0.437 e. The topological polar surface area (TPSA) is 51.4 Å². The first-order chi connectivity index (χ1) is 12.7. The molecule has 0 unspecified atom stereocenters. The van der Waals surface area contributed by atoms with Crippen LogP contribution in [0.2, 0.25) is 0 Å². The number of aromatic nitrogens is 1. The number of hydrogen-bond acceptors (Lipinski definition) is 4. The Kier molecular flexibility index (Phi) is 3.71. The van der Waals surface area contributed by atoms with E-state index in [2.05, 4.69) is 35.1 Å². The van der Waals surface area contributed by atoms with Crippen molar-refractivity contribution in [1.82, 2.24) is 9.88 Å². The lowest BCUT2D eigenvalue weighted by atomic mass is 9.52. The Hall–Kier alpha value is -2.07. The highest BCUT2D eigenvalue weighted by atomic mass is 16.5. The second-order valence-corrected chi connectivity index (χ2v) is 8.33. The summed E-state index contributed by atoms with van der Waals surface area (Å²) in [5.74, 6) is 2.16. The summed E-state index contributed by atoms with van der Waals surface area (Å²) in [5.41, 5.74) is 10.00. The van der Waals surface area contributed by atoms with Crippen LogP contribution in [0.3, 0.4) is 0 Å². The van der Waals surface area contributed by atoms with Gasteiger partial charge in [0, 0.05) is 17.7 Å². The second-order valence-electron chi connectivity index (χ2n) is 8.33. The molecule has 2 heterocycles. The fourth-order valence-corrected chi connectivity index (χ4v) is 5.84. The summed E-state index contributed by atoms with van der Waals surface area (Å²) >= 11 is 0. The van der Waals surface area contributed by atoms with Crippen molar-refractivity contribution in [2.24, 2.45) is 5.92 Å². The van der Waals surface area contributed by atoms with Crippen molar-refractivity contribution in [1.29, 1.82) is 0 Å². The minimum Gasteiger partial charge on any atom is -0.437 e. The SMILES string of the molecule is CN1CC[C@]23CCCC[C@H]2[C@@H]1Cc1ccc(Oc2ncccc2N)cc13. The lowest BCUT2D eigenvalue weighted by Crippen LogP contribution is -2.59. The summed E-state index contributed by atoms with van der Waals surface area (Å²) in [7, 11) is 2.31. The Bertz CT molecular complexity index is 836. The summed E-state index contributed by atoms with van der Waals surface area (Å²) in [5, 5.41) is 0. The molecule has 3 atom stereocenters. The van der Waals surface area contributed by atoms with E-state index in [-0.39, 0.29) is 0 Å². The van der Waals surface area contributed by atoms with Crippen molar-refractivity contribution in [3.05, 3.63) is 47.7 Å². The van der Waals surface area contributed by atoms with E-state index in [1.807, 2.05) is 12.1 Å². The third kappa shape index (κ3) is 2.35. The Labute approximate surface area is 155 Å². The Morgan fingerprint density at radius 1 is 1.23 bits per heavy atom. The van der Waals surface area contributed by atoms with Crippen molar-refractivity contribution >= 4 is 5.69 Å². The molecule has 2 aliphatic carbocycles. The number of likely N-dealkylation sites (tertiary alicyclic amines) is 1. The number of fused-ring (bicyclic) bond motifs is 1. The highest BCUT2D eigenvalue weighted by Crippen LogP contribution is 2.56. The third-order valence-corrected chi connectivity index (χ3v) is 7.10. The van der Waals surface area contributed by atoms with Gasteiger partial charge in [-0.25, -0.2) is 4.98 Å². The van der Waals surface area contributed by atoms with E-state index in [1.54, 1.807) is 11.8 Å². The van der Waals surface area contributed by atoms with Gasteiger partial charge >= 0.3 is 0 Å². The predicted octanol–water partition coefficient (Wildman–Crippen LogP) is 4.14. The molecule has 1 saturated carbocycles. The maximum absolute atomic E-state index is 6.06. The van der Waals surface area contributed by atoms with Gasteiger partial charge in [0.15, 0.2) is 0 Å². The van der Waals surface area contributed by atoms with Gasteiger partial charge in [0.05, 0.1) is 5.69 Å². The summed E-state index contributed by atoms with van der Waals surface area (Å²) in [4.78, 5) is 6.89. The van der Waals surface area contributed by atoms with E-state index in [0.717, 1.165) is 11.7 Å². The normalized spacial score (nSPS) is 30.3. The minimum atomic E-state index is 0.345. The summed E-state index contributed by atoms with van der Waals surface area (Å²) < 4.78 is 6.06. The van der Waals surface area contributed by atoms with Gasteiger partial charge in [0.25, 0.3) is 0 Å². The summed E-state index contributed by atoms with van der Waals surface area (Å²) in [6.07, 6.45) is 9.59. The van der Waals surface area contributed by atoms with Crippen molar-refractivity contribution in [2.75, 3.05) is 19.3 Å². The first-order valence-electron chi connectivity index (χ1n) is 9.89. The zero-order valence-corrected chi connectivity index (χ0v) is 15.4. The third-order valence-electron chi connectivity index (χ3n) is 7.10. The van der Waals surface area contributed by atoms with Crippen molar-refractivity contribution in [3.8, 4) is 11.6 Å². The van der Waals surface area contributed by atoms with E-state index < -0.39 is 0 Å². The highest BCUT2D eigenvalue weighted by molar-refractivity contribution is 5.51. The fourth-order valence-electron chi connectivity index (χ4n) is 5.84. The van der Waals surface area contributed by atoms with Gasteiger partial charge in [0.2, 0.25) is 5.88 Å². The number of nitrogens with two attached hydrogens (primary N) is 1. The lowest BCUT2D eigenvalue weighted by molar-refractivity contribution is 0.00276. The number of anilines is 1. The van der Waals surface area contributed by atoms with Crippen LogP contribution in [0, 0.1) is 5.92 Å². The molecule has 5 rings (SSSR count). The van der Waals surface area contributed by atoms with E-state index in [1.165, 1.54) is 50.6 Å². The second kappa shape index (κ2) is 5.98. The Morgan fingerprint density at radius 2 is 2.15 bits per heavy atom. The van der Waals surface area contributed by atoms with Crippen LogP contribution in [-0.4, -0.2) is 29.5 Å². The van der Waals surface area contributed by atoms with Crippen LogP contribution in [0.15, 0.2) is 36.5 Å². The van der Waals surface area contributed by atoms with Crippen LogP contribution in [-0.2, 0) is 11.8 Å². The van der Waals surface area contributed by atoms with Gasteiger partial charge in [-0.15, -0.1) is 0 Å². The molecule has 4 nitrogen and oxygen atoms in total. The highest BCUT2D eigenvalue weighted by Gasteiger charge is 2.53. The number of likely N-dealkylation sites (N-methyl/N-ethyl adjacent to an activating group) is 1. The molecule has 4 heteroatoms. The molecule has 1 aromatic carbocycles. The fraction of sp³-hybridized carbons (Fsp3) is 0.500. The Balaban J connectivity index is 1.56. The predicted molar refractivity (Wildman–Crippen MR) is 104 cm³/mol. The molecule has 2 fully saturated rings. The summed E-state index contributed by atoms with van der Waals surface area (Å²) in [6, 6.07) is 11.0. The number of pyridine rings is 1. The molecule has 0 radical (unpaired) electrons. The van der Waals surface area contributed by atoms with E-state index in [9.17, 15) is 0 Å². The van der Waals surface area contributed by atoms with Crippen LogP contribution >= 0.6 is 0 Å². The molecule has 0 spiro atoms. The molecule has 1 saturated heterocycles. The lowest BCUT2D eigenvalue weighted by Gasteiger charge is -2.58. The maximum atomic E-state index is 6.06. The average molecular weight is 349 g/mol. The number of hydrogen-bond donors (Lipinski definition) is 1. The van der Waals surface area contributed by atoms with Crippen LogP contribution in [0.5, 0.6) is 11.6 Å². The van der Waals surface area contributed by atoms with Crippen LogP contribution in [0.4, 0.5) is 5.69 Å². The molecule has 0 amide bonds. The number of nitrogen functional groups attached to an aromatic ring is 1. The molecule has 2 aromatic rings. The van der Waals surface area contributed by atoms with Gasteiger partial charge in [0.1, 0.15) is 5.75 Å². The molecule has 1 aromatic heterocycles. The number of ether oxygens (including phenoxy) is 1. The van der Waals surface area contributed by atoms with E-state index in [4.69, 9.17) is 10.5 Å². The number of nitrogens with zero attached hydrogens (tertiary/aromatic N) is 2. The number of rotatable bonds is 2. The first kappa shape index (κ1) is 16.1. The van der Waals surface area contributed by atoms with Crippen molar-refractivity contribution in [3.63, 3.8) is 0 Å². The molecular weight excluding hydrogens is 322 g/mol. The first-order valence-corrected chi connectivity index (χ1v) is 9.89. The minimum absolute atomic E-state index is 0.345. The van der Waals surface area contributed by atoms with Crippen molar-refractivity contribution < 1.29 is 4.74 Å². The smallest absolute Gasteiger partial charge is 0.242 e. The zero-order chi connectivity index (χ0) is 17.7. The molecule has 2 bridgehead atoms. The van der Waals surface area contributed by atoms with Crippen LogP contribution in [0.25, 0.3) is 0 Å². The van der Waals surface area contributed by atoms with Gasteiger partial charge in [-0.05, 0) is 80.6 Å². The Morgan fingerprint density at radius 3 is 3.04 bits per heavy atom. The number of benzene rings is 1. The van der Waals surface area contributed by atoms with Gasteiger partial charge in [-0.1, -0.05) is 18.9 Å². The molecule has 1 aliphatic heterocycles. The standard InChI is InChI=1S/C22H27N3O/c1-25-12-10-22-9-3-2-5-17(22)20(25)13-15-7-8-16(14-18(15)22)26-21-19(23)6-4-11-24-21/h4,6-8,11,14,17,20H,2-3,5,9-10,12-13,23H2,1H3/t17-,20-,22+/m0/s1. The maximum Gasteiger partial charge on any atom is 0.242 e. The van der Waals surface area contributed by atoms with Gasteiger partial charge in [-0.2, -0.15) is 0 Å². The average Bonchev–Trinajstić information content (AvgIpc) is 2.67. The number of piperidine rings is 1. The monoisotopic (exact) mass is 349 g/mol. The van der Waals surface area contributed by atoms with Gasteiger partial charge in [-0.3, -0.25) is 0 Å². The zero-order valence-electron chi connectivity index (χ0n) is 15.4. The molecular formula is C22H27N3O.